The molecule has 1 aliphatic carbocycles. The highest BCUT2D eigenvalue weighted by atomic mass is 32.2. The molecule has 1 heterocycles. The van der Waals surface area contributed by atoms with Crippen LogP contribution >= 0.6 is 11.3 Å². The molecule has 3 unspecified atom stereocenters. The highest BCUT2D eigenvalue weighted by molar-refractivity contribution is 7.91. The summed E-state index contributed by atoms with van der Waals surface area (Å²) in [4.78, 5) is 5.46. The van der Waals surface area contributed by atoms with Crippen molar-refractivity contribution in [2.75, 3.05) is 25.4 Å². The van der Waals surface area contributed by atoms with Gasteiger partial charge < -0.3 is 10.6 Å². The van der Waals surface area contributed by atoms with Gasteiger partial charge in [0.15, 0.2) is 5.96 Å². The van der Waals surface area contributed by atoms with Crippen molar-refractivity contribution >= 4 is 38.1 Å². The summed E-state index contributed by atoms with van der Waals surface area (Å²) in [5, 5.41) is 6.89. The quantitative estimate of drug-likeness (QED) is 0.305. The summed E-state index contributed by atoms with van der Waals surface area (Å²) in [5.74, 6) is 1.39. The number of nitrogens with one attached hydrogen (secondary N) is 3. The van der Waals surface area contributed by atoms with Crippen LogP contribution in [-0.4, -0.2) is 55.3 Å². The average molecular weight is 449 g/mol. The predicted molar refractivity (Wildman–Crippen MR) is 118 cm³/mol. The van der Waals surface area contributed by atoms with Gasteiger partial charge in [0.1, 0.15) is 4.21 Å². The first-order valence-corrected chi connectivity index (χ1v) is 13.5. The van der Waals surface area contributed by atoms with E-state index >= 15 is 0 Å². The first-order chi connectivity index (χ1) is 13.4. The number of thiophene rings is 1. The van der Waals surface area contributed by atoms with Crippen LogP contribution in [0.5, 0.6) is 0 Å². The minimum atomic E-state index is -3.47. The minimum absolute atomic E-state index is 0.239. The number of aryl methyl sites for hydroxylation is 1. The number of hydrogen-bond acceptors (Lipinski definition) is 5. The molecular weight excluding hydrogens is 416 g/mol. The average Bonchev–Trinajstić information content (AvgIpc) is 3.12. The van der Waals surface area contributed by atoms with Gasteiger partial charge in [0.25, 0.3) is 0 Å². The summed E-state index contributed by atoms with van der Waals surface area (Å²) < 4.78 is 39.6. The summed E-state index contributed by atoms with van der Waals surface area (Å²) in [6.45, 7) is 7.16. The van der Waals surface area contributed by atoms with E-state index in [4.69, 9.17) is 0 Å². The van der Waals surface area contributed by atoms with Gasteiger partial charge in [-0.05, 0) is 45.2 Å². The Morgan fingerprint density at radius 3 is 2.75 bits per heavy atom. The molecule has 1 aromatic rings. The molecule has 3 atom stereocenters. The van der Waals surface area contributed by atoms with E-state index in [1.807, 2.05) is 20.8 Å². The molecule has 2 rings (SSSR count). The fraction of sp³-hybridized carbons (Fsp3) is 0.722. The molecule has 3 N–H and O–H groups in total. The molecule has 0 aliphatic heterocycles. The van der Waals surface area contributed by atoms with Crippen LogP contribution in [0.15, 0.2) is 21.3 Å². The van der Waals surface area contributed by atoms with Crippen LogP contribution in [0.3, 0.4) is 0 Å². The second kappa shape index (κ2) is 11.3. The zero-order chi connectivity index (χ0) is 20.6. The molecule has 0 aromatic carbocycles. The van der Waals surface area contributed by atoms with Gasteiger partial charge in [-0.25, -0.2) is 13.1 Å². The van der Waals surface area contributed by atoms with Crippen LogP contribution in [0.2, 0.25) is 0 Å². The van der Waals surface area contributed by atoms with Gasteiger partial charge in [-0.1, -0.05) is 13.3 Å². The van der Waals surface area contributed by atoms with Crippen molar-refractivity contribution in [1.82, 2.24) is 15.4 Å². The monoisotopic (exact) mass is 448 g/mol. The lowest BCUT2D eigenvalue weighted by Crippen LogP contribution is -2.47. The van der Waals surface area contributed by atoms with Crippen LogP contribution < -0.4 is 15.4 Å². The number of aliphatic imine (C=N–C) groups is 1. The molecule has 10 heteroatoms. The number of nitrogens with zero attached hydrogens (tertiary/aromatic N) is 1. The molecule has 1 aliphatic rings. The van der Waals surface area contributed by atoms with Crippen molar-refractivity contribution in [3.8, 4) is 0 Å². The van der Waals surface area contributed by atoms with Crippen LogP contribution in [0, 0.1) is 6.92 Å². The van der Waals surface area contributed by atoms with Crippen LogP contribution in [-0.2, 0) is 20.8 Å². The minimum Gasteiger partial charge on any atom is -0.357 e. The molecule has 0 bridgehead atoms. The van der Waals surface area contributed by atoms with E-state index in [9.17, 15) is 12.6 Å². The third kappa shape index (κ3) is 7.13. The maximum absolute atomic E-state index is 12.3. The van der Waals surface area contributed by atoms with E-state index in [2.05, 4.69) is 20.3 Å². The zero-order valence-corrected chi connectivity index (χ0v) is 19.3. The van der Waals surface area contributed by atoms with Gasteiger partial charge in [0, 0.05) is 45.8 Å². The lowest BCUT2D eigenvalue weighted by atomic mass is 9.95. The van der Waals surface area contributed by atoms with Crippen LogP contribution in [0.4, 0.5) is 0 Å². The molecule has 7 nitrogen and oxygen atoms in total. The largest absolute Gasteiger partial charge is 0.357 e. The van der Waals surface area contributed by atoms with Crippen molar-refractivity contribution in [2.45, 2.75) is 62.0 Å². The molecule has 1 fully saturated rings. The predicted octanol–water partition coefficient (Wildman–Crippen LogP) is 1.97. The fourth-order valence-electron chi connectivity index (χ4n) is 3.24. The lowest BCUT2D eigenvalue weighted by molar-refractivity contribution is 0.413. The SMILES string of the molecule is CCNC(=NCCNS(=O)(=O)c1ccc(C)s1)NC1CCCC(S(=O)CC)C1. The Kier molecular flexibility index (Phi) is 9.39. The van der Waals surface area contributed by atoms with Crippen molar-refractivity contribution in [1.29, 1.82) is 0 Å². The van der Waals surface area contributed by atoms with Crippen molar-refractivity contribution in [2.24, 2.45) is 4.99 Å². The third-order valence-corrected chi connectivity index (χ3v) is 9.32. The summed E-state index contributed by atoms with van der Waals surface area (Å²) in [6.07, 6.45) is 4.01. The molecule has 0 saturated heterocycles. The van der Waals surface area contributed by atoms with Gasteiger partial charge in [-0.2, -0.15) is 0 Å². The van der Waals surface area contributed by atoms with Gasteiger partial charge in [0.05, 0.1) is 6.54 Å². The Labute approximate surface area is 175 Å². The summed E-state index contributed by atoms with van der Waals surface area (Å²) >= 11 is 1.26. The number of rotatable bonds is 9. The second-order valence-corrected chi connectivity index (χ2v) is 12.1. The molecule has 0 spiro atoms. The molecule has 0 radical (unpaired) electrons. The Morgan fingerprint density at radius 2 is 2.11 bits per heavy atom. The van der Waals surface area contributed by atoms with Crippen molar-refractivity contribution in [3.05, 3.63) is 17.0 Å². The number of hydrogen-bond donors (Lipinski definition) is 3. The smallest absolute Gasteiger partial charge is 0.250 e. The van der Waals surface area contributed by atoms with Gasteiger partial charge in [-0.3, -0.25) is 9.20 Å². The van der Waals surface area contributed by atoms with E-state index in [1.165, 1.54) is 11.3 Å². The third-order valence-electron chi connectivity index (χ3n) is 4.62. The van der Waals surface area contributed by atoms with Gasteiger partial charge >= 0.3 is 0 Å². The fourth-order valence-corrected chi connectivity index (χ4v) is 6.94. The highest BCUT2D eigenvalue weighted by Gasteiger charge is 2.26. The van der Waals surface area contributed by atoms with Crippen LogP contribution in [0.1, 0.15) is 44.4 Å². The van der Waals surface area contributed by atoms with E-state index in [1.54, 1.807) is 12.1 Å². The molecule has 0 amide bonds. The topological polar surface area (TPSA) is 99.7 Å². The Bertz CT molecular complexity index is 777. The maximum atomic E-state index is 12.3. The molecule has 160 valence electrons. The Balaban J connectivity index is 1.87. The highest BCUT2D eigenvalue weighted by Crippen LogP contribution is 2.23. The Hall–Kier alpha value is -0.970. The molecular formula is C18H32N4O3S3. The van der Waals surface area contributed by atoms with Crippen LogP contribution in [0.25, 0.3) is 0 Å². The van der Waals surface area contributed by atoms with Gasteiger partial charge in [0.2, 0.25) is 10.0 Å². The summed E-state index contributed by atoms with van der Waals surface area (Å²) in [7, 11) is -4.23. The number of sulfonamides is 1. The number of guanidine groups is 1. The normalized spacial score (nSPS) is 22.0. The molecule has 28 heavy (non-hydrogen) atoms. The first-order valence-electron chi connectivity index (χ1n) is 9.83. The second-order valence-electron chi connectivity index (χ2n) is 6.82. The zero-order valence-electron chi connectivity index (χ0n) is 16.9. The van der Waals surface area contributed by atoms with Gasteiger partial charge in [-0.15, -0.1) is 11.3 Å². The Morgan fingerprint density at radius 1 is 1.32 bits per heavy atom. The van der Waals surface area contributed by atoms with Crippen molar-refractivity contribution < 1.29 is 12.6 Å². The van der Waals surface area contributed by atoms with E-state index in [-0.39, 0.29) is 17.8 Å². The first kappa shape index (κ1) is 23.3. The molecule has 1 saturated carbocycles. The lowest BCUT2D eigenvalue weighted by Gasteiger charge is -2.30. The summed E-state index contributed by atoms with van der Waals surface area (Å²) in [6, 6.07) is 3.67. The van der Waals surface area contributed by atoms with E-state index < -0.39 is 20.8 Å². The van der Waals surface area contributed by atoms with Crippen molar-refractivity contribution in [3.63, 3.8) is 0 Å². The van der Waals surface area contributed by atoms with E-state index in [0.29, 0.717) is 22.5 Å². The van der Waals surface area contributed by atoms with E-state index in [0.717, 1.165) is 37.1 Å². The maximum Gasteiger partial charge on any atom is 0.250 e. The standard InChI is InChI=1S/C18H32N4O3S3/c1-4-19-18(22-15-7-6-8-16(13-15)27(23)5-2)20-11-12-21-28(24,25)17-10-9-14(3)26-17/h9-10,15-16,21H,4-8,11-13H2,1-3H3,(H2,19,20,22). The molecule has 1 aromatic heterocycles. The summed E-state index contributed by atoms with van der Waals surface area (Å²) in [5.41, 5.74) is 0.